The van der Waals surface area contributed by atoms with E-state index in [9.17, 15) is 9.18 Å². The second-order valence-corrected chi connectivity index (χ2v) is 7.26. The van der Waals surface area contributed by atoms with E-state index >= 15 is 0 Å². The predicted octanol–water partition coefficient (Wildman–Crippen LogP) is 3.56. The zero-order valence-electron chi connectivity index (χ0n) is 11.4. The molecule has 110 valence electrons. The summed E-state index contributed by atoms with van der Waals surface area (Å²) in [5.41, 5.74) is 0.634. The van der Waals surface area contributed by atoms with Crippen LogP contribution in [0.1, 0.15) is 18.9 Å². The normalized spacial score (nSPS) is 20.3. The van der Waals surface area contributed by atoms with E-state index in [1.54, 1.807) is 12.1 Å². The molecule has 0 radical (unpaired) electrons. The number of nitrogens with one attached hydrogen (secondary N) is 1. The van der Waals surface area contributed by atoms with Gasteiger partial charge in [-0.2, -0.15) is 0 Å². The predicted molar refractivity (Wildman–Crippen MR) is 81.8 cm³/mol. The van der Waals surface area contributed by atoms with Gasteiger partial charge in [0.1, 0.15) is 5.82 Å². The van der Waals surface area contributed by atoms with E-state index < -0.39 is 0 Å². The summed E-state index contributed by atoms with van der Waals surface area (Å²) in [7, 11) is 0. The molecule has 1 aliphatic rings. The van der Waals surface area contributed by atoms with Gasteiger partial charge in [0.25, 0.3) is 0 Å². The number of thioether (sulfide) groups is 1. The SMILES string of the molecule is C[C@@H]1C[C@H]1C(=O)Nc1nnc(SCc2ccccc2F)s1. The summed E-state index contributed by atoms with van der Waals surface area (Å²) in [5, 5.41) is 11.2. The number of halogens is 1. The number of carbonyl (C=O) groups is 1. The summed E-state index contributed by atoms with van der Waals surface area (Å²) >= 11 is 2.73. The van der Waals surface area contributed by atoms with E-state index in [1.807, 2.05) is 6.07 Å². The first-order valence-electron chi connectivity index (χ1n) is 6.64. The molecule has 1 aromatic carbocycles. The molecule has 1 fully saturated rings. The maximum absolute atomic E-state index is 13.5. The molecule has 0 bridgehead atoms. The molecule has 1 aliphatic carbocycles. The Morgan fingerprint density at radius 2 is 2.24 bits per heavy atom. The number of amides is 1. The molecule has 1 saturated carbocycles. The minimum atomic E-state index is -0.217. The number of hydrogen-bond acceptors (Lipinski definition) is 5. The van der Waals surface area contributed by atoms with Gasteiger partial charge < -0.3 is 5.32 Å². The van der Waals surface area contributed by atoms with Crippen LogP contribution in [-0.4, -0.2) is 16.1 Å². The molecule has 1 amide bonds. The van der Waals surface area contributed by atoms with Crippen LogP contribution in [0.5, 0.6) is 0 Å². The highest BCUT2D eigenvalue weighted by Gasteiger charge is 2.39. The first-order valence-corrected chi connectivity index (χ1v) is 8.44. The van der Waals surface area contributed by atoms with E-state index in [0.29, 0.717) is 22.4 Å². The van der Waals surface area contributed by atoms with Gasteiger partial charge in [-0.1, -0.05) is 48.2 Å². The van der Waals surface area contributed by atoms with Gasteiger partial charge in [-0.15, -0.1) is 10.2 Å². The van der Waals surface area contributed by atoms with Crippen molar-refractivity contribution in [3.05, 3.63) is 35.6 Å². The van der Waals surface area contributed by atoms with Crippen LogP contribution in [0.3, 0.4) is 0 Å². The van der Waals surface area contributed by atoms with E-state index in [-0.39, 0.29) is 17.6 Å². The molecule has 1 N–H and O–H groups in total. The van der Waals surface area contributed by atoms with Crippen LogP contribution in [0.15, 0.2) is 28.6 Å². The number of carbonyl (C=O) groups excluding carboxylic acids is 1. The molecule has 4 nitrogen and oxygen atoms in total. The molecule has 1 heterocycles. The molecule has 0 unspecified atom stereocenters. The zero-order chi connectivity index (χ0) is 14.8. The Morgan fingerprint density at radius 1 is 1.48 bits per heavy atom. The smallest absolute Gasteiger partial charge is 0.229 e. The van der Waals surface area contributed by atoms with Crippen LogP contribution in [0, 0.1) is 17.7 Å². The Labute approximate surface area is 130 Å². The maximum atomic E-state index is 13.5. The number of rotatable bonds is 5. The molecule has 0 aliphatic heterocycles. The highest BCUT2D eigenvalue weighted by Crippen LogP contribution is 2.39. The van der Waals surface area contributed by atoms with Crippen molar-refractivity contribution < 1.29 is 9.18 Å². The maximum Gasteiger partial charge on any atom is 0.229 e. The van der Waals surface area contributed by atoms with Crippen molar-refractivity contribution >= 4 is 34.1 Å². The minimum Gasteiger partial charge on any atom is -0.300 e. The van der Waals surface area contributed by atoms with Crippen LogP contribution in [0.4, 0.5) is 9.52 Å². The molecule has 1 aromatic heterocycles. The molecule has 2 atom stereocenters. The summed E-state index contributed by atoms with van der Waals surface area (Å²) in [5.74, 6) is 0.876. The lowest BCUT2D eigenvalue weighted by molar-refractivity contribution is -0.117. The molecular weight excluding hydrogens is 309 g/mol. The number of nitrogens with zero attached hydrogens (tertiary/aromatic N) is 2. The summed E-state index contributed by atoms with van der Waals surface area (Å²) in [6.07, 6.45) is 0.944. The fourth-order valence-electron chi connectivity index (χ4n) is 1.96. The third-order valence-electron chi connectivity index (χ3n) is 3.39. The first-order chi connectivity index (χ1) is 10.1. The standard InChI is InChI=1S/C14H14FN3OS2/c1-8-6-10(8)12(19)16-13-17-18-14(21-13)20-7-9-4-2-3-5-11(9)15/h2-5,8,10H,6-7H2,1H3,(H,16,17,19)/t8-,10-/m1/s1. The second kappa shape index (κ2) is 6.11. The van der Waals surface area contributed by atoms with Crippen molar-refractivity contribution in [1.29, 1.82) is 0 Å². The van der Waals surface area contributed by atoms with Crippen molar-refractivity contribution in [3.63, 3.8) is 0 Å². The lowest BCUT2D eigenvalue weighted by Crippen LogP contribution is -2.14. The summed E-state index contributed by atoms with van der Waals surface area (Å²) < 4.78 is 14.2. The molecule has 0 spiro atoms. The summed E-state index contributed by atoms with van der Waals surface area (Å²) in [4.78, 5) is 11.8. The number of aromatic nitrogens is 2. The summed E-state index contributed by atoms with van der Waals surface area (Å²) in [6, 6.07) is 6.67. The first kappa shape index (κ1) is 14.5. The summed E-state index contributed by atoms with van der Waals surface area (Å²) in [6.45, 7) is 2.06. The van der Waals surface area contributed by atoms with E-state index in [1.165, 1.54) is 29.2 Å². The van der Waals surface area contributed by atoms with Gasteiger partial charge in [0.15, 0.2) is 4.34 Å². The topological polar surface area (TPSA) is 54.9 Å². The van der Waals surface area contributed by atoms with E-state index in [0.717, 1.165) is 10.8 Å². The Balaban J connectivity index is 1.55. The van der Waals surface area contributed by atoms with Crippen LogP contribution >= 0.6 is 23.1 Å². The Hall–Kier alpha value is -1.47. The van der Waals surface area contributed by atoms with Crippen molar-refractivity contribution in [2.24, 2.45) is 11.8 Å². The van der Waals surface area contributed by atoms with Gasteiger partial charge in [-0.25, -0.2) is 4.39 Å². The van der Waals surface area contributed by atoms with Gasteiger partial charge in [0.2, 0.25) is 11.0 Å². The fourth-order valence-corrected chi connectivity index (χ4v) is 3.70. The lowest BCUT2D eigenvalue weighted by atomic mass is 10.2. The van der Waals surface area contributed by atoms with Gasteiger partial charge in [0, 0.05) is 11.7 Å². The largest absolute Gasteiger partial charge is 0.300 e. The van der Waals surface area contributed by atoms with Crippen LogP contribution in [-0.2, 0) is 10.5 Å². The number of hydrogen-bond donors (Lipinski definition) is 1. The Kier molecular flexibility index (Phi) is 4.21. The van der Waals surface area contributed by atoms with Crippen molar-refractivity contribution in [2.75, 3.05) is 5.32 Å². The average molecular weight is 323 g/mol. The molecule has 7 heteroatoms. The molecule has 21 heavy (non-hydrogen) atoms. The Bertz CT molecular complexity index is 661. The van der Waals surface area contributed by atoms with Crippen LogP contribution in [0.2, 0.25) is 0 Å². The van der Waals surface area contributed by atoms with Crippen LogP contribution < -0.4 is 5.32 Å². The highest BCUT2D eigenvalue weighted by molar-refractivity contribution is 8.00. The van der Waals surface area contributed by atoms with Gasteiger partial charge >= 0.3 is 0 Å². The number of benzene rings is 1. The third kappa shape index (κ3) is 3.59. The third-order valence-corrected chi connectivity index (χ3v) is 5.41. The number of anilines is 1. The van der Waals surface area contributed by atoms with Crippen molar-refractivity contribution in [1.82, 2.24) is 10.2 Å². The molecular formula is C14H14FN3OS2. The minimum absolute atomic E-state index is 0.0179. The second-order valence-electron chi connectivity index (χ2n) is 5.06. The van der Waals surface area contributed by atoms with Crippen molar-refractivity contribution in [2.45, 2.75) is 23.4 Å². The van der Waals surface area contributed by atoms with E-state index in [2.05, 4.69) is 22.4 Å². The Morgan fingerprint density at radius 3 is 2.95 bits per heavy atom. The lowest BCUT2D eigenvalue weighted by Gasteiger charge is -1.99. The van der Waals surface area contributed by atoms with Gasteiger partial charge in [-0.3, -0.25) is 4.79 Å². The average Bonchev–Trinajstić information content (AvgIpc) is 3.04. The van der Waals surface area contributed by atoms with Crippen LogP contribution in [0.25, 0.3) is 0 Å². The van der Waals surface area contributed by atoms with Gasteiger partial charge in [-0.05, 0) is 24.0 Å². The fraction of sp³-hybridized carbons (Fsp3) is 0.357. The molecule has 2 aromatic rings. The van der Waals surface area contributed by atoms with Crippen molar-refractivity contribution in [3.8, 4) is 0 Å². The highest BCUT2D eigenvalue weighted by atomic mass is 32.2. The molecule has 3 rings (SSSR count). The van der Waals surface area contributed by atoms with Gasteiger partial charge in [0.05, 0.1) is 0 Å². The monoisotopic (exact) mass is 323 g/mol. The quantitative estimate of drug-likeness (QED) is 0.675. The zero-order valence-corrected chi connectivity index (χ0v) is 13.0. The van der Waals surface area contributed by atoms with E-state index in [4.69, 9.17) is 0 Å². The molecule has 0 saturated heterocycles.